The summed E-state index contributed by atoms with van der Waals surface area (Å²) in [5, 5.41) is 3.01. The molecular weight excluding hydrogens is 456 g/mol. The molecule has 0 radical (unpaired) electrons. The van der Waals surface area contributed by atoms with Crippen molar-refractivity contribution in [2.75, 3.05) is 20.2 Å². The minimum atomic E-state index is -3.62. The molecule has 2 aromatic carbocycles. The van der Waals surface area contributed by atoms with E-state index in [0.717, 1.165) is 10.0 Å². The molecule has 156 valence electrons. The summed E-state index contributed by atoms with van der Waals surface area (Å²) in [4.78, 5) is 13.1. The standard InChI is InChI=1S/C21H25BrN2O4S/c1-15(19-7-3-4-8-20(19)28-2)23-21(25)16-6-5-13-24(14-16)29(26,27)18-11-9-17(22)10-12-18/h3-4,7-12,15-16H,5-6,13-14H2,1-2H3,(H,23,25)/t15-,16-/m1/s1. The third-order valence-corrected chi connectivity index (χ3v) is 7.58. The van der Waals surface area contributed by atoms with Gasteiger partial charge in [-0.3, -0.25) is 4.79 Å². The van der Waals surface area contributed by atoms with E-state index in [-0.39, 0.29) is 29.3 Å². The molecule has 8 heteroatoms. The van der Waals surface area contributed by atoms with Crippen molar-refractivity contribution in [1.29, 1.82) is 0 Å². The van der Waals surface area contributed by atoms with Gasteiger partial charge in [-0.15, -0.1) is 0 Å². The number of carbonyl (C=O) groups excluding carboxylic acids is 1. The minimum Gasteiger partial charge on any atom is -0.496 e. The highest BCUT2D eigenvalue weighted by atomic mass is 79.9. The Hall–Kier alpha value is -1.90. The van der Waals surface area contributed by atoms with Crippen LogP contribution in [-0.4, -0.2) is 38.8 Å². The van der Waals surface area contributed by atoms with E-state index < -0.39 is 10.0 Å². The zero-order valence-electron chi connectivity index (χ0n) is 16.5. The van der Waals surface area contributed by atoms with Gasteiger partial charge in [0.05, 0.1) is 24.0 Å². The number of amides is 1. The second-order valence-corrected chi connectivity index (χ2v) is 9.98. The highest BCUT2D eigenvalue weighted by Crippen LogP contribution is 2.27. The number of rotatable bonds is 6. The summed E-state index contributed by atoms with van der Waals surface area (Å²) in [6.45, 7) is 2.50. The number of hydrogen-bond acceptors (Lipinski definition) is 4. The number of methoxy groups -OCH3 is 1. The second kappa shape index (κ2) is 9.28. The monoisotopic (exact) mass is 480 g/mol. The normalized spacial score (nSPS) is 18.8. The van der Waals surface area contributed by atoms with Gasteiger partial charge in [-0.05, 0) is 50.1 Å². The smallest absolute Gasteiger partial charge is 0.243 e. The van der Waals surface area contributed by atoms with E-state index in [1.54, 1.807) is 31.4 Å². The predicted molar refractivity (Wildman–Crippen MR) is 115 cm³/mol. The number of piperidine rings is 1. The van der Waals surface area contributed by atoms with Crippen molar-refractivity contribution in [3.8, 4) is 5.75 Å². The van der Waals surface area contributed by atoms with Crippen molar-refractivity contribution >= 4 is 31.9 Å². The zero-order valence-corrected chi connectivity index (χ0v) is 18.9. The molecule has 29 heavy (non-hydrogen) atoms. The van der Waals surface area contributed by atoms with Crippen LogP contribution in [0.2, 0.25) is 0 Å². The Bertz CT molecular complexity index is 963. The van der Waals surface area contributed by atoms with Gasteiger partial charge in [0.25, 0.3) is 0 Å². The molecule has 0 aromatic heterocycles. The summed E-state index contributed by atoms with van der Waals surface area (Å²) in [6, 6.07) is 13.9. The van der Waals surface area contributed by atoms with Crippen LogP contribution < -0.4 is 10.1 Å². The van der Waals surface area contributed by atoms with Crippen molar-refractivity contribution in [2.45, 2.75) is 30.7 Å². The van der Waals surface area contributed by atoms with Gasteiger partial charge in [-0.2, -0.15) is 4.31 Å². The number of nitrogens with one attached hydrogen (secondary N) is 1. The predicted octanol–water partition coefficient (Wildman–Crippen LogP) is 3.74. The number of ether oxygens (including phenoxy) is 1. The van der Waals surface area contributed by atoms with Crippen LogP contribution >= 0.6 is 15.9 Å². The van der Waals surface area contributed by atoms with Gasteiger partial charge in [-0.1, -0.05) is 34.1 Å². The van der Waals surface area contributed by atoms with Gasteiger partial charge in [-0.25, -0.2) is 8.42 Å². The van der Waals surface area contributed by atoms with Gasteiger partial charge < -0.3 is 10.1 Å². The van der Waals surface area contributed by atoms with E-state index in [2.05, 4.69) is 21.2 Å². The van der Waals surface area contributed by atoms with Crippen LogP contribution in [0, 0.1) is 5.92 Å². The Morgan fingerprint density at radius 2 is 1.90 bits per heavy atom. The summed E-state index contributed by atoms with van der Waals surface area (Å²) in [5.41, 5.74) is 0.887. The van der Waals surface area contributed by atoms with Crippen molar-refractivity contribution in [3.63, 3.8) is 0 Å². The Labute approximate surface area is 180 Å². The van der Waals surface area contributed by atoms with Gasteiger partial charge in [0.1, 0.15) is 5.75 Å². The van der Waals surface area contributed by atoms with Crippen LogP contribution in [0.5, 0.6) is 5.75 Å². The van der Waals surface area contributed by atoms with E-state index >= 15 is 0 Å². The first-order chi connectivity index (χ1) is 13.8. The van der Waals surface area contributed by atoms with Crippen molar-refractivity contribution in [3.05, 3.63) is 58.6 Å². The lowest BCUT2D eigenvalue weighted by molar-refractivity contribution is -0.126. The number of sulfonamides is 1. The van der Waals surface area contributed by atoms with E-state index in [0.29, 0.717) is 25.1 Å². The van der Waals surface area contributed by atoms with Crippen LogP contribution in [-0.2, 0) is 14.8 Å². The van der Waals surface area contributed by atoms with Crippen LogP contribution in [0.25, 0.3) is 0 Å². The van der Waals surface area contributed by atoms with E-state index in [1.165, 1.54) is 4.31 Å². The average Bonchev–Trinajstić information content (AvgIpc) is 2.74. The number of benzene rings is 2. The van der Waals surface area contributed by atoms with E-state index in [1.807, 2.05) is 31.2 Å². The number of halogens is 1. The van der Waals surface area contributed by atoms with Crippen LogP contribution in [0.3, 0.4) is 0 Å². The molecule has 3 rings (SSSR count). The second-order valence-electron chi connectivity index (χ2n) is 7.13. The van der Waals surface area contributed by atoms with Crippen LogP contribution in [0.15, 0.2) is 57.9 Å². The lowest BCUT2D eigenvalue weighted by Gasteiger charge is -2.32. The Morgan fingerprint density at radius 1 is 1.21 bits per heavy atom. The highest BCUT2D eigenvalue weighted by Gasteiger charge is 2.33. The van der Waals surface area contributed by atoms with E-state index in [4.69, 9.17) is 4.74 Å². The Kier molecular flexibility index (Phi) is 6.97. The van der Waals surface area contributed by atoms with Crippen LogP contribution in [0.4, 0.5) is 0 Å². The summed E-state index contributed by atoms with van der Waals surface area (Å²) >= 11 is 3.32. The largest absolute Gasteiger partial charge is 0.496 e. The topological polar surface area (TPSA) is 75.7 Å². The maximum absolute atomic E-state index is 13.0. The molecular formula is C21H25BrN2O4S. The molecule has 0 spiro atoms. The van der Waals surface area contributed by atoms with Gasteiger partial charge in [0.15, 0.2) is 0 Å². The van der Waals surface area contributed by atoms with E-state index in [9.17, 15) is 13.2 Å². The molecule has 1 amide bonds. The molecule has 0 unspecified atom stereocenters. The average molecular weight is 481 g/mol. The number of para-hydroxylation sites is 1. The zero-order chi connectivity index (χ0) is 21.0. The Morgan fingerprint density at radius 3 is 2.59 bits per heavy atom. The van der Waals surface area contributed by atoms with Gasteiger partial charge in [0.2, 0.25) is 15.9 Å². The Balaban J connectivity index is 1.70. The fraction of sp³-hybridized carbons (Fsp3) is 0.381. The number of hydrogen-bond donors (Lipinski definition) is 1. The third kappa shape index (κ3) is 4.99. The first-order valence-corrected chi connectivity index (χ1v) is 11.7. The maximum atomic E-state index is 13.0. The lowest BCUT2D eigenvalue weighted by Crippen LogP contribution is -2.45. The first kappa shape index (κ1) is 21.8. The van der Waals surface area contributed by atoms with Crippen molar-refractivity contribution in [2.24, 2.45) is 5.92 Å². The molecule has 1 heterocycles. The minimum absolute atomic E-state index is 0.140. The molecule has 0 saturated carbocycles. The van der Waals surface area contributed by atoms with Gasteiger partial charge in [0, 0.05) is 23.1 Å². The SMILES string of the molecule is COc1ccccc1[C@@H](C)NC(=O)[C@@H]1CCCN(S(=O)(=O)c2ccc(Br)cc2)C1. The van der Waals surface area contributed by atoms with Crippen molar-refractivity contribution < 1.29 is 17.9 Å². The molecule has 0 bridgehead atoms. The fourth-order valence-electron chi connectivity index (χ4n) is 3.56. The molecule has 1 aliphatic heterocycles. The third-order valence-electron chi connectivity index (χ3n) is 5.17. The van der Waals surface area contributed by atoms with Crippen LogP contribution in [0.1, 0.15) is 31.4 Å². The summed E-state index contributed by atoms with van der Waals surface area (Å²) in [7, 11) is -2.03. The molecule has 2 atom stereocenters. The quantitative estimate of drug-likeness (QED) is 0.682. The van der Waals surface area contributed by atoms with Gasteiger partial charge >= 0.3 is 0 Å². The molecule has 1 N–H and O–H groups in total. The molecule has 6 nitrogen and oxygen atoms in total. The number of carbonyl (C=O) groups is 1. The lowest BCUT2D eigenvalue weighted by atomic mass is 9.97. The molecule has 2 aromatic rings. The summed E-state index contributed by atoms with van der Waals surface area (Å²) in [6.07, 6.45) is 1.31. The highest BCUT2D eigenvalue weighted by molar-refractivity contribution is 9.10. The summed E-state index contributed by atoms with van der Waals surface area (Å²) < 4.78 is 33.5. The molecule has 1 fully saturated rings. The molecule has 1 aliphatic rings. The molecule has 1 saturated heterocycles. The van der Waals surface area contributed by atoms with Crippen molar-refractivity contribution in [1.82, 2.24) is 9.62 Å². The maximum Gasteiger partial charge on any atom is 0.243 e. The molecule has 0 aliphatic carbocycles. The summed E-state index contributed by atoms with van der Waals surface area (Å²) in [5.74, 6) is 0.189. The number of nitrogens with zero attached hydrogens (tertiary/aromatic N) is 1. The fourth-order valence-corrected chi connectivity index (χ4v) is 5.35. The first-order valence-electron chi connectivity index (χ1n) is 9.52.